The number of halogens is 5. The van der Waals surface area contributed by atoms with Crippen LogP contribution in [0.5, 0.6) is 5.75 Å². The normalized spacial score (nSPS) is 13.5. The van der Waals surface area contributed by atoms with Gasteiger partial charge in [-0.25, -0.2) is 13.8 Å². The minimum absolute atomic E-state index is 0.00199. The number of rotatable bonds is 12. The molecule has 3 N–H and O–H groups in total. The molecule has 1 aliphatic heterocycles. The van der Waals surface area contributed by atoms with Gasteiger partial charge < -0.3 is 19.6 Å². The average Bonchev–Trinajstić information content (AvgIpc) is 3.64. The number of alkyl halides is 3. The van der Waals surface area contributed by atoms with E-state index in [9.17, 15) is 26.7 Å². The van der Waals surface area contributed by atoms with Crippen LogP contribution in [0.1, 0.15) is 55.5 Å². The number of carbonyl (C=O) groups is 1. The predicted octanol–water partition coefficient (Wildman–Crippen LogP) is 6.88. The molecule has 2 aromatic heterocycles. The molecule has 232 valence electrons. The quantitative estimate of drug-likeness (QED) is 0.132. The summed E-state index contributed by atoms with van der Waals surface area (Å²) in [5.41, 5.74) is 8.07. The summed E-state index contributed by atoms with van der Waals surface area (Å²) in [5, 5.41) is 5.14. The minimum atomic E-state index is -4.67. The van der Waals surface area contributed by atoms with Crippen LogP contribution in [0.25, 0.3) is 17.3 Å². The van der Waals surface area contributed by atoms with E-state index in [-0.39, 0.29) is 41.5 Å². The standard InChI is InChI=1S/C30H29F5N6O3/c1-2-14-43-18-9-10-19(21(15-18)30(33,34)35)23-16-26(44-39-23)20(28(36)42)6-3-4-12-40-17-37-29-25(40)11-13-41(38-29)24-8-5-7-22(31)27(24)32/h5,7-11,13,15-17,20,38H,2-4,6,12,14H2,1H3,(H2,36,42). The van der Waals surface area contributed by atoms with E-state index in [1.54, 1.807) is 18.6 Å². The van der Waals surface area contributed by atoms with Gasteiger partial charge in [0.25, 0.3) is 0 Å². The van der Waals surface area contributed by atoms with Gasteiger partial charge in [-0.2, -0.15) is 13.2 Å². The molecule has 0 saturated carbocycles. The van der Waals surface area contributed by atoms with Gasteiger partial charge in [0, 0.05) is 24.4 Å². The molecule has 0 spiro atoms. The molecule has 4 aromatic rings. The van der Waals surface area contributed by atoms with Crippen LogP contribution in [0.15, 0.2) is 59.5 Å². The van der Waals surface area contributed by atoms with Gasteiger partial charge in [0.1, 0.15) is 22.9 Å². The number of hydrogen-bond donors (Lipinski definition) is 2. The van der Waals surface area contributed by atoms with E-state index < -0.39 is 35.2 Å². The highest BCUT2D eigenvalue weighted by Gasteiger charge is 2.35. The predicted molar refractivity (Wildman–Crippen MR) is 152 cm³/mol. The third kappa shape index (κ3) is 6.53. The zero-order valence-electron chi connectivity index (χ0n) is 23.6. The lowest BCUT2D eigenvalue weighted by molar-refractivity contribution is -0.137. The van der Waals surface area contributed by atoms with Gasteiger partial charge in [0.05, 0.1) is 30.1 Å². The number of amides is 1. The number of primary amides is 1. The van der Waals surface area contributed by atoms with Gasteiger partial charge in [-0.1, -0.05) is 24.6 Å². The zero-order valence-corrected chi connectivity index (χ0v) is 23.6. The van der Waals surface area contributed by atoms with Crippen molar-refractivity contribution in [1.82, 2.24) is 14.7 Å². The molecule has 0 aliphatic carbocycles. The molecular weight excluding hydrogens is 587 g/mol. The molecule has 1 unspecified atom stereocenters. The van der Waals surface area contributed by atoms with Crippen LogP contribution in [0.3, 0.4) is 0 Å². The van der Waals surface area contributed by atoms with Crippen molar-refractivity contribution in [3.8, 4) is 17.0 Å². The maximum absolute atomic E-state index is 14.2. The molecule has 0 fully saturated rings. The van der Waals surface area contributed by atoms with Crippen molar-refractivity contribution in [3.05, 3.63) is 83.6 Å². The van der Waals surface area contributed by atoms with Crippen LogP contribution >= 0.6 is 0 Å². The summed E-state index contributed by atoms with van der Waals surface area (Å²) in [6.45, 7) is 2.63. The zero-order chi connectivity index (χ0) is 31.4. The number of hydrogen-bond acceptors (Lipinski definition) is 7. The number of anilines is 2. The smallest absolute Gasteiger partial charge is 0.417 e. The van der Waals surface area contributed by atoms with E-state index in [1.807, 2.05) is 11.5 Å². The van der Waals surface area contributed by atoms with Crippen molar-refractivity contribution in [2.24, 2.45) is 5.73 Å². The van der Waals surface area contributed by atoms with Crippen molar-refractivity contribution in [3.63, 3.8) is 0 Å². The van der Waals surface area contributed by atoms with E-state index in [0.717, 1.165) is 17.8 Å². The van der Waals surface area contributed by atoms with E-state index in [4.69, 9.17) is 15.0 Å². The summed E-state index contributed by atoms with van der Waals surface area (Å²) in [5.74, 6) is -2.94. The second-order valence-corrected chi connectivity index (χ2v) is 10.2. The van der Waals surface area contributed by atoms with Crippen LogP contribution in [-0.4, -0.2) is 27.2 Å². The van der Waals surface area contributed by atoms with E-state index in [2.05, 4.69) is 15.6 Å². The third-order valence-electron chi connectivity index (χ3n) is 7.08. The Kier molecular flexibility index (Phi) is 8.88. The summed E-state index contributed by atoms with van der Waals surface area (Å²) in [6.07, 6.45) is 2.22. The van der Waals surface area contributed by atoms with Crippen molar-refractivity contribution in [1.29, 1.82) is 0 Å². The van der Waals surface area contributed by atoms with Crippen LogP contribution in [0.2, 0.25) is 0 Å². The highest BCUT2D eigenvalue weighted by Crippen LogP contribution is 2.40. The maximum Gasteiger partial charge on any atom is 0.417 e. The molecule has 9 nitrogen and oxygen atoms in total. The Morgan fingerprint density at radius 1 is 1.16 bits per heavy atom. The number of imidazole rings is 1. The van der Waals surface area contributed by atoms with Crippen molar-refractivity contribution < 1.29 is 36.0 Å². The summed E-state index contributed by atoms with van der Waals surface area (Å²) in [4.78, 5) is 16.6. The highest BCUT2D eigenvalue weighted by atomic mass is 19.4. The Balaban J connectivity index is 1.22. The fraction of sp³-hybridized carbons (Fsp3) is 0.300. The number of aryl methyl sites for hydroxylation is 1. The third-order valence-corrected chi connectivity index (χ3v) is 7.08. The molecule has 0 bridgehead atoms. The number of nitrogens with two attached hydrogens (primary N) is 1. The molecule has 14 heteroatoms. The molecule has 44 heavy (non-hydrogen) atoms. The van der Waals surface area contributed by atoms with E-state index in [0.29, 0.717) is 31.6 Å². The first-order valence-corrected chi connectivity index (χ1v) is 13.9. The Hall–Kier alpha value is -4.88. The second kappa shape index (κ2) is 12.8. The first-order valence-electron chi connectivity index (χ1n) is 13.9. The first-order chi connectivity index (χ1) is 21.1. The van der Waals surface area contributed by atoms with Gasteiger partial charge in [0.2, 0.25) is 5.91 Å². The lowest BCUT2D eigenvalue weighted by Gasteiger charge is -2.25. The number of nitrogens with one attached hydrogen (secondary N) is 1. The molecule has 3 heterocycles. The number of hydrazine groups is 1. The molecule has 1 atom stereocenters. The fourth-order valence-corrected chi connectivity index (χ4v) is 4.87. The molecule has 0 saturated heterocycles. The first kappa shape index (κ1) is 30.6. The van der Waals surface area contributed by atoms with E-state index >= 15 is 0 Å². The molecule has 5 rings (SSSR count). The van der Waals surface area contributed by atoms with Gasteiger partial charge >= 0.3 is 6.18 Å². The monoisotopic (exact) mass is 616 g/mol. The largest absolute Gasteiger partial charge is 0.494 e. The number of unbranched alkanes of at least 4 members (excludes halogenated alkanes) is 1. The lowest BCUT2D eigenvalue weighted by atomic mass is 9.96. The van der Waals surface area contributed by atoms with Crippen molar-refractivity contribution >= 4 is 23.5 Å². The van der Waals surface area contributed by atoms with Gasteiger partial charge in [0.15, 0.2) is 17.5 Å². The van der Waals surface area contributed by atoms with Gasteiger partial charge in [-0.15, -0.1) is 0 Å². The number of nitrogens with zero attached hydrogens (tertiary/aromatic N) is 4. The summed E-state index contributed by atoms with van der Waals surface area (Å²) in [6, 6.07) is 8.78. The van der Waals surface area contributed by atoms with Crippen LogP contribution in [0, 0.1) is 11.6 Å². The molecular formula is C30H29F5N6O3. The number of fused-ring (bicyclic) bond motifs is 1. The second-order valence-electron chi connectivity index (χ2n) is 10.2. The Morgan fingerprint density at radius 3 is 2.73 bits per heavy atom. The SMILES string of the molecule is CCCOc1ccc(-c2cc(C(CCCCn3cnc4c3C=CN(c3cccc(F)c3F)N4)C(N)=O)on2)c(C(F)(F)F)c1. The number of aromatic nitrogens is 3. The number of carbonyl (C=O) groups excluding carboxylic acids is 1. The van der Waals surface area contributed by atoms with Gasteiger partial charge in [-0.05, 0) is 55.7 Å². The van der Waals surface area contributed by atoms with E-state index in [1.165, 1.54) is 35.3 Å². The molecule has 2 aromatic carbocycles. The Labute approximate surface area is 249 Å². The number of ether oxygens (including phenoxy) is 1. The fourth-order valence-electron chi connectivity index (χ4n) is 4.87. The average molecular weight is 617 g/mol. The number of benzene rings is 2. The minimum Gasteiger partial charge on any atom is -0.494 e. The lowest BCUT2D eigenvalue weighted by Crippen LogP contribution is -2.28. The van der Waals surface area contributed by atoms with Gasteiger partial charge in [-0.3, -0.25) is 15.2 Å². The molecule has 0 radical (unpaired) electrons. The topological polar surface area (TPSA) is 111 Å². The van der Waals surface area contributed by atoms with Crippen molar-refractivity contribution in [2.45, 2.75) is 51.2 Å². The van der Waals surface area contributed by atoms with Crippen LogP contribution < -0.4 is 20.9 Å². The van der Waals surface area contributed by atoms with Crippen LogP contribution in [0.4, 0.5) is 33.5 Å². The molecule has 1 amide bonds. The Morgan fingerprint density at radius 2 is 1.98 bits per heavy atom. The molecule has 1 aliphatic rings. The Bertz CT molecular complexity index is 1660. The maximum atomic E-state index is 14.2. The van der Waals surface area contributed by atoms with Crippen LogP contribution in [-0.2, 0) is 17.5 Å². The summed E-state index contributed by atoms with van der Waals surface area (Å²) < 4.78 is 81.9. The van der Waals surface area contributed by atoms with Crippen molar-refractivity contribution in [2.75, 3.05) is 17.0 Å². The summed E-state index contributed by atoms with van der Waals surface area (Å²) >= 11 is 0. The summed E-state index contributed by atoms with van der Waals surface area (Å²) in [7, 11) is 0. The highest BCUT2D eigenvalue weighted by molar-refractivity contribution is 5.81.